The highest BCUT2D eigenvalue weighted by atomic mass is 16.4. The van der Waals surface area contributed by atoms with Gasteiger partial charge in [-0.25, -0.2) is 4.79 Å². The highest BCUT2D eigenvalue weighted by Gasteiger charge is 2.38. The number of carboxylic acids is 2. The first kappa shape index (κ1) is 30.1. The van der Waals surface area contributed by atoms with E-state index in [1.54, 1.807) is 36.4 Å². The lowest BCUT2D eigenvalue weighted by Gasteiger charge is -2.29. The molecule has 3 amide bonds. The van der Waals surface area contributed by atoms with Crippen LogP contribution in [-0.2, 0) is 36.8 Å². The first-order valence-electron chi connectivity index (χ1n) is 13.0. The van der Waals surface area contributed by atoms with Gasteiger partial charge in [0.2, 0.25) is 17.7 Å². The summed E-state index contributed by atoms with van der Waals surface area (Å²) in [7, 11) is 0. The van der Waals surface area contributed by atoms with E-state index < -0.39 is 60.2 Å². The molecule has 1 aliphatic heterocycles. The van der Waals surface area contributed by atoms with Crippen LogP contribution in [0.5, 0.6) is 5.75 Å². The van der Waals surface area contributed by atoms with Gasteiger partial charge in [-0.05, 0) is 48.9 Å². The summed E-state index contributed by atoms with van der Waals surface area (Å²) in [6.45, 7) is 0.200. The van der Waals surface area contributed by atoms with Crippen molar-refractivity contribution in [1.29, 1.82) is 0 Å². The van der Waals surface area contributed by atoms with Gasteiger partial charge >= 0.3 is 11.9 Å². The normalized spacial score (nSPS) is 16.9. The number of carbonyl (C=O) groups is 5. The Morgan fingerprint density at radius 1 is 0.875 bits per heavy atom. The van der Waals surface area contributed by atoms with E-state index >= 15 is 0 Å². The molecule has 0 radical (unpaired) electrons. The first-order chi connectivity index (χ1) is 19.0. The van der Waals surface area contributed by atoms with Crippen molar-refractivity contribution in [2.24, 2.45) is 5.73 Å². The molecule has 3 rings (SSSR count). The van der Waals surface area contributed by atoms with E-state index in [2.05, 4.69) is 10.6 Å². The Morgan fingerprint density at radius 2 is 1.50 bits per heavy atom. The van der Waals surface area contributed by atoms with Gasteiger partial charge in [-0.3, -0.25) is 19.2 Å². The van der Waals surface area contributed by atoms with Gasteiger partial charge in [-0.2, -0.15) is 0 Å². The average Bonchev–Trinajstić information content (AvgIpc) is 3.42. The molecule has 2 aromatic rings. The number of nitrogens with two attached hydrogens (primary N) is 1. The Kier molecular flexibility index (Phi) is 10.6. The first-order valence-corrected chi connectivity index (χ1v) is 13.0. The van der Waals surface area contributed by atoms with E-state index in [4.69, 9.17) is 5.73 Å². The number of aliphatic carboxylic acids is 2. The van der Waals surface area contributed by atoms with Crippen LogP contribution in [0.3, 0.4) is 0 Å². The molecule has 40 heavy (non-hydrogen) atoms. The van der Waals surface area contributed by atoms with Crippen LogP contribution in [0, 0.1) is 0 Å². The fourth-order valence-corrected chi connectivity index (χ4v) is 4.60. The number of aromatic hydroxyl groups is 1. The predicted molar refractivity (Wildman–Crippen MR) is 143 cm³/mol. The topological polar surface area (TPSA) is 199 Å². The molecule has 0 aromatic heterocycles. The van der Waals surface area contributed by atoms with Crippen molar-refractivity contribution < 1.29 is 39.3 Å². The smallest absolute Gasteiger partial charge is 0.326 e. The maximum atomic E-state index is 13.5. The summed E-state index contributed by atoms with van der Waals surface area (Å²) in [5.41, 5.74) is 7.43. The molecule has 12 heteroatoms. The van der Waals surface area contributed by atoms with E-state index in [1.807, 2.05) is 6.07 Å². The molecule has 0 saturated carbocycles. The lowest BCUT2D eigenvalue weighted by atomic mass is 10.0. The maximum Gasteiger partial charge on any atom is 0.326 e. The highest BCUT2D eigenvalue weighted by Crippen LogP contribution is 2.20. The average molecular weight is 555 g/mol. The van der Waals surface area contributed by atoms with Crippen LogP contribution in [0.4, 0.5) is 0 Å². The molecule has 1 fully saturated rings. The second-order valence-corrected chi connectivity index (χ2v) is 9.75. The van der Waals surface area contributed by atoms with Gasteiger partial charge in [0.1, 0.15) is 23.9 Å². The molecule has 1 saturated heterocycles. The molecule has 4 unspecified atom stereocenters. The standard InChI is InChI=1S/C28H34N4O8/c29-20(15-17-5-2-1-3-6-17)25(36)30-21(12-13-24(34)35)26(37)31-22(16-18-8-10-19(33)11-9-18)27(38)32-14-4-7-23(32)28(39)40/h1-3,5-6,8-11,20-23,33H,4,7,12-16,29H2,(H,30,36)(H,31,37)(H,34,35)(H,39,40). The summed E-state index contributed by atoms with van der Waals surface area (Å²) in [5, 5.41) is 33.5. The van der Waals surface area contributed by atoms with Crippen molar-refractivity contribution in [3.8, 4) is 5.75 Å². The quantitative estimate of drug-likeness (QED) is 0.203. The number of benzene rings is 2. The molecule has 1 heterocycles. The Hall–Kier alpha value is -4.45. The Morgan fingerprint density at radius 3 is 2.12 bits per heavy atom. The third-order valence-corrected chi connectivity index (χ3v) is 6.73. The molecule has 0 aliphatic carbocycles. The van der Waals surface area contributed by atoms with Gasteiger partial charge in [-0.15, -0.1) is 0 Å². The molecular formula is C28H34N4O8. The molecule has 0 spiro atoms. The van der Waals surface area contributed by atoms with E-state index in [0.717, 1.165) is 5.56 Å². The van der Waals surface area contributed by atoms with Gasteiger partial charge in [0.05, 0.1) is 6.04 Å². The van der Waals surface area contributed by atoms with Crippen molar-refractivity contribution >= 4 is 29.7 Å². The van der Waals surface area contributed by atoms with Crippen molar-refractivity contribution in [2.45, 2.75) is 62.7 Å². The lowest BCUT2D eigenvalue weighted by Crippen LogP contribution is -2.57. The minimum Gasteiger partial charge on any atom is -0.508 e. The maximum absolute atomic E-state index is 13.5. The van der Waals surface area contributed by atoms with Crippen molar-refractivity contribution in [3.63, 3.8) is 0 Å². The zero-order valence-corrected chi connectivity index (χ0v) is 21.9. The van der Waals surface area contributed by atoms with Crippen molar-refractivity contribution in [1.82, 2.24) is 15.5 Å². The lowest BCUT2D eigenvalue weighted by molar-refractivity contribution is -0.149. The van der Waals surface area contributed by atoms with Crippen LogP contribution in [0.25, 0.3) is 0 Å². The molecule has 214 valence electrons. The molecule has 2 aromatic carbocycles. The molecule has 12 nitrogen and oxygen atoms in total. The largest absolute Gasteiger partial charge is 0.508 e. The Bertz CT molecular complexity index is 1200. The summed E-state index contributed by atoms with van der Waals surface area (Å²) in [4.78, 5) is 63.9. The van der Waals surface area contributed by atoms with Crippen LogP contribution in [0.15, 0.2) is 54.6 Å². The van der Waals surface area contributed by atoms with Crippen LogP contribution in [0.1, 0.15) is 36.8 Å². The van der Waals surface area contributed by atoms with Gasteiger partial charge < -0.3 is 36.6 Å². The van der Waals surface area contributed by atoms with Gasteiger partial charge in [0, 0.05) is 19.4 Å². The third kappa shape index (κ3) is 8.53. The number of phenols is 1. The van der Waals surface area contributed by atoms with Crippen molar-refractivity contribution in [2.75, 3.05) is 6.54 Å². The Balaban J connectivity index is 1.79. The highest BCUT2D eigenvalue weighted by molar-refractivity contribution is 5.94. The monoisotopic (exact) mass is 554 g/mol. The number of hydrogen-bond acceptors (Lipinski definition) is 7. The molecule has 7 N–H and O–H groups in total. The Labute approximate surface area is 231 Å². The van der Waals surface area contributed by atoms with E-state index in [9.17, 15) is 39.3 Å². The summed E-state index contributed by atoms with van der Waals surface area (Å²) in [6, 6.07) is 10.4. The molecule has 4 atom stereocenters. The summed E-state index contributed by atoms with van der Waals surface area (Å²) < 4.78 is 0. The van der Waals surface area contributed by atoms with Crippen LogP contribution in [0.2, 0.25) is 0 Å². The number of phenolic OH excluding ortho intramolecular Hbond substituents is 1. The number of amides is 3. The number of nitrogens with zero attached hydrogens (tertiary/aromatic N) is 1. The summed E-state index contributed by atoms with van der Waals surface area (Å²) >= 11 is 0. The zero-order valence-electron chi connectivity index (χ0n) is 21.9. The van der Waals surface area contributed by atoms with Gasteiger partial charge in [0.25, 0.3) is 0 Å². The van der Waals surface area contributed by atoms with E-state index in [0.29, 0.717) is 12.0 Å². The number of nitrogens with one attached hydrogen (secondary N) is 2. The van der Waals surface area contributed by atoms with E-state index in [-0.39, 0.29) is 38.0 Å². The summed E-state index contributed by atoms with van der Waals surface area (Å²) in [5.74, 6) is -4.41. The fourth-order valence-electron chi connectivity index (χ4n) is 4.60. The molecule has 1 aliphatic rings. The fraction of sp³-hybridized carbons (Fsp3) is 0.393. The molecule has 0 bridgehead atoms. The summed E-state index contributed by atoms with van der Waals surface area (Å²) in [6.07, 6.45) is 0.230. The van der Waals surface area contributed by atoms with Crippen LogP contribution < -0.4 is 16.4 Å². The van der Waals surface area contributed by atoms with E-state index in [1.165, 1.54) is 17.0 Å². The number of carbonyl (C=O) groups excluding carboxylic acids is 3. The van der Waals surface area contributed by atoms with Crippen LogP contribution >= 0.6 is 0 Å². The predicted octanol–water partition coefficient (Wildman–Crippen LogP) is 0.415. The van der Waals surface area contributed by atoms with Gasteiger partial charge in [-0.1, -0.05) is 42.5 Å². The van der Waals surface area contributed by atoms with Gasteiger partial charge in [0.15, 0.2) is 0 Å². The SMILES string of the molecule is NC(Cc1ccccc1)C(=O)NC(CCC(=O)O)C(=O)NC(Cc1ccc(O)cc1)C(=O)N1CCCC1C(=O)O. The number of likely N-dealkylation sites (tertiary alicyclic amines) is 1. The zero-order chi connectivity index (χ0) is 29.2. The minimum absolute atomic E-state index is 0.00411. The number of hydrogen-bond donors (Lipinski definition) is 6. The van der Waals surface area contributed by atoms with Crippen LogP contribution in [-0.4, -0.2) is 80.6 Å². The van der Waals surface area contributed by atoms with Crippen molar-refractivity contribution in [3.05, 3.63) is 65.7 Å². The molecular weight excluding hydrogens is 520 g/mol. The third-order valence-electron chi connectivity index (χ3n) is 6.73. The second-order valence-electron chi connectivity index (χ2n) is 9.75. The number of rotatable bonds is 13. The second kappa shape index (κ2) is 14.1. The minimum atomic E-state index is -1.31. The number of carboxylic acid groups (broad SMARTS) is 2.